The monoisotopic (exact) mass is 658 g/mol. The molecule has 246 valence electrons. The average Bonchev–Trinajstić information content (AvgIpc) is 3.53. The number of benzene rings is 2. The molecule has 0 bridgehead atoms. The molecule has 2 amide bonds. The van der Waals surface area contributed by atoms with Gasteiger partial charge in [-0.15, -0.1) is 0 Å². The molecule has 1 fully saturated rings. The van der Waals surface area contributed by atoms with E-state index in [1.807, 2.05) is 35.2 Å². The molecule has 2 aromatic carbocycles. The molecule has 2 aliphatic rings. The standard InChI is InChI=1S/C36H40ClFN6O3/c1-25(2)47-36(46)44-20-19-42(34-31-13-10-29(37)21-28(31)9-8-27-5-3-14-40-33(27)34)23-32(44)35(45)43(17-4-16-41-18-15-39-24-41)22-26-6-11-30(38)12-7-26/h3,5-7,10-15,18,21,24-25,32,34H,4,8-9,16-17,19-20,22-23H2,1-2H3/t32-,34-/m1/s1. The number of nitrogens with zero attached hydrogens (tertiary/aromatic N) is 6. The number of imidazole rings is 1. The minimum atomic E-state index is -0.810. The first kappa shape index (κ1) is 32.7. The van der Waals surface area contributed by atoms with Gasteiger partial charge >= 0.3 is 6.09 Å². The van der Waals surface area contributed by atoms with Gasteiger partial charge in [0.1, 0.15) is 11.9 Å². The Morgan fingerprint density at radius 1 is 1.06 bits per heavy atom. The number of aryl methyl sites for hydroxylation is 3. The SMILES string of the molecule is CC(C)OC(=O)N1CCN([C@@H]2c3ccc(Cl)cc3CCc3cccnc32)C[C@@H]1C(=O)N(CCCn1ccnc1)Cc1ccc(F)cc1. The van der Waals surface area contributed by atoms with E-state index in [9.17, 15) is 14.0 Å². The van der Waals surface area contributed by atoms with Gasteiger partial charge in [0.25, 0.3) is 0 Å². The van der Waals surface area contributed by atoms with Crippen molar-refractivity contribution in [2.45, 2.75) is 64.4 Å². The summed E-state index contributed by atoms with van der Waals surface area (Å²) in [5.41, 5.74) is 5.19. The van der Waals surface area contributed by atoms with Crippen molar-refractivity contribution >= 4 is 23.6 Å². The number of amides is 2. The van der Waals surface area contributed by atoms with Crippen molar-refractivity contribution in [3.8, 4) is 0 Å². The highest BCUT2D eigenvalue weighted by molar-refractivity contribution is 6.30. The number of aromatic nitrogens is 3. The molecule has 9 nitrogen and oxygen atoms in total. The van der Waals surface area contributed by atoms with Crippen molar-refractivity contribution in [1.29, 1.82) is 0 Å². The second-order valence-electron chi connectivity index (χ2n) is 12.5. The lowest BCUT2D eigenvalue weighted by molar-refractivity contribution is -0.140. The van der Waals surface area contributed by atoms with Crippen molar-refractivity contribution in [2.75, 3.05) is 26.2 Å². The zero-order valence-electron chi connectivity index (χ0n) is 26.8. The summed E-state index contributed by atoms with van der Waals surface area (Å²) < 4.78 is 21.4. The Balaban J connectivity index is 1.34. The van der Waals surface area contributed by atoms with Crippen LogP contribution in [0.1, 0.15) is 54.3 Å². The first-order valence-electron chi connectivity index (χ1n) is 16.2. The molecule has 3 heterocycles. The Hall–Kier alpha value is -4.28. The van der Waals surface area contributed by atoms with E-state index in [0.717, 1.165) is 40.8 Å². The quantitative estimate of drug-likeness (QED) is 0.222. The minimum Gasteiger partial charge on any atom is -0.447 e. The maximum atomic E-state index is 14.7. The number of carbonyl (C=O) groups excluding carboxylic acids is 2. The predicted molar refractivity (Wildman–Crippen MR) is 177 cm³/mol. The number of ether oxygens (including phenoxy) is 1. The Labute approximate surface area is 279 Å². The van der Waals surface area contributed by atoms with Gasteiger partial charge in [-0.1, -0.05) is 35.9 Å². The summed E-state index contributed by atoms with van der Waals surface area (Å²) in [5, 5.41) is 0.683. The van der Waals surface area contributed by atoms with Crippen molar-refractivity contribution in [3.63, 3.8) is 0 Å². The Bertz CT molecular complexity index is 1680. The van der Waals surface area contributed by atoms with E-state index in [1.165, 1.54) is 12.1 Å². The van der Waals surface area contributed by atoms with E-state index < -0.39 is 12.1 Å². The largest absolute Gasteiger partial charge is 0.447 e. The van der Waals surface area contributed by atoms with Crippen LogP contribution in [0.3, 0.4) is 0 Å². The van der Waals surface area contributed by atoms with E-state index in [1.54, 1.807) is 48.3 Å². The number of hydrogen-bond acceptors (Lipinski definition) is 6. The molecule has 0 saturated carbocycles. The fourth-order valence-corrected chi connectivity index (χ4v) is 6.84. The second-order valence-corrected chi connectivity index (χ2v) is 12.9. The van der Waals surface area contributed by atoms with Crippen LogP contribution in [0, 0.1) is 5.82 Å². The molecule has 0 N–H and O–H groups in total. The molecule has 1 aliphatic heterocycles. The van der Waals surface area contributed by atoms with Crippen LogP contribution in [0.25, 0.3) is 0 Å². The van der Waals surface area contributed by atoms with Crippen molar-refractivity contribution in [1.82, 2.24) is 29.2 Å². The topological polar surface area (TPSA) is 83.8 Å². The lowest BCUT2D eigenvalue weighted by Gasteiger charge is -2.44. The summed E-state index contributed by atoms with van der Waals surface area (Å²) in [6.07, 6.45) is 8.66. The highest BCUT2D eigenvalue weighted by atomic mass is 35.5. The molecular formula is C36H40ClFN6O3. The normalized spacial score (nSPS) is 17.9. The maximum absolute atomic E-state index is 14.7. The number of carbonyl (C=O) groups is 2. The molecule has 2 atom stereocenters. The summed E-state index contributed by atoms with van der Waals surface area (Å²) in [6, 6.07) is 15.2. The summed E-state index contributed by atoms with van der Waals surface area (Å²) in [4.78, 5) is 42.9. The fraction of sp³-hybridized carbons (Fsp3) is 0.389. The highest BCUT2D eigenvalue weighted by Crippen LogP contribution is 2.38. The van der Waals surface area contributed by atoms with E-state index >= 15 is 0 Å². The van der Waals surface area contributed by atoms with E-state index in [2.05, 4.69) is 22.0 Å². The number of hydrogen-bond donors (Lipinski definition) is 0. The highest BCUT2D eigenvalue weighted by Gasteiger charge is 2.42. The molecule has 47 heavy (non-hydrogen) atoms. The minimum absolute atomic E-state index is 0.184. The number of fused-ring (bicyclic) bond motifs is 2. The van der Waals surface area contributed by atoms with Crippen LogP contribution in [-0.2, 0) is 35.5 Å². The first-order chi connectivity index (χ1) is 22.8. The summed E-state index contributed by atoms with van der Waals surface area (Å²) in [6.45, 7) is 6.12. The Kier molecular flexibility index (Phi) is 10.2. The lowest BCUT2D eigenvalue weighted by Crippen LogP contribution is -2.62. The smallest absolute Gasteiger partial charge is 0.410 e. The Morgan fingerprint density at radius 3 is 2.64 bits per heavy atom. The van der Waals surface area contributed by atoms with E-state index in [4.69, 9.17) is 21.3 Å². The van der Waals surface area contributed by atoms with Crippen LogP contribution in [0.2, 0.25) is 5.02 Å². The van der Waals surface area contributed by atoms with Gasteiger partial charge in [0.05, 0.1) is 24.2 Å². The molecule has 6 rings (SSSR count). The van der Waals surface area contributed by atoms with Gasteiger partial charge in [-0.05, 0) is 85.7 Å². The fourth-order valence-electron chi connectivity index (χ4n) is 6.64. The molecule has 0 spiro atoms. The van der Waals surface area contributed by atoms with Crippen LogP contribution in [-0.4, -0.2) is 79.6 Å². The summed E-state index contributed by atoms with van der Waals surface area (Å²) >= 11 is 6.46. The van der Waals surface area contributed by atoms with Crippen molar-refractivity contribution in [3.05, 3.63) is 118 Å². The van der Waals surface area contributed by atoms with Gasteiger partial charge < -0.3 is 14.2 Å². The van der Waals surface area contributed by atoms with Crippen LogP contribution in [0.15, 0.2) is 79.5 Å². The molecule has 1 aliphatic carbocycles. The summed E-state index contributed by atoms with van der Waals surface area (Å²) in [7, 11) is 0. The lowest BCUT2D eigenvalue weighted by atomic mass is 9.95. The van der Waals surface area contributed by atoms with E-state index in [0.29, 0.717) is 37.6 Å². The number of halogens is 2. The van der Waals surface area contributed by atoms with Gasteiger partial charge in [0, 0.05) is 62.9 Å². The third kappa shape index (κ3) is 7.66. The van der Waals surface area contributed by atoms with Gasteiger partial charge in [-0.3, -0.25) is 19.6 Å². The zero-order chi connectivity index (χ0) is 32.9. The van der Waals surface area contributed by atoms with E-state index in [-0.39, 0.29) is 37.0 Å². The molecule has 2 aromatic heterocycles. The molecule has 4 aromatic rings. The summed E-state index contributed by atoms with van der Waals surface area (Å²) in [5.74, 6) is -0.521. The number of piperazine rings is 1. The maximum Gasteiger partial charge on any atom is 0.410 e. The van der Waals surface area contributed by atoms with Gasteiger partial charge in [0.2, 0.25) is 5.91 Å². The van der Waals surface area contributed by atoms with Crippen LogP contribution in [0.4, 0.5) is 9.18 Å². The van der Waals surface area contributed by atoms with Crippen LogP contribution < -0.4 is 0 Å². The van der Waals surface area contributed by atoms with Gasteiger partial charge in [-0.25, -0.2) is 14.2 Å². The molecular weight excluding hydrogens is 619 g/mol. The zero-order valence-corrected chi connectivity index (χ0v) is 27.5. The second kappa shape index (κ2) is 14.6. The third-order valence-electron chi connectivity index (χ3n) is 8.88. The average molecular weight is 659 g/mol. The number of pyridine rings is 1. The predicted octanol–water partition coefficient (Wildman–Crippen LogP) is 5.91. The third-order valence-corrected chi connectivity index (χ3v) is 9.12. The van der Waals surface area contributed by atoms with Crippen molar-refractivity contribution < 1.29 is 18.7 Å². The van der Waals surface area contributed by atoms with Gasteiger partial charge in [0.15, 0.2) is 0 Å². The first-order valence-corrected chi connectivity index (χ1v) is 16.6. The van der Waals surface area contributed by atoms with Gasteiger partial charge in [-0.2, -0.15) is 0 Å². The van der Waals surface area contributed by atoms with Crippen LogP contribution in [0.5, 0.6) is 0 Å². The molecule has 0 unspecified atom stereocenters. The number of rotatable bonds is 9. The van der Waals surface area contributed by atoms with Crippen molar-refractivity contribution in [2.24, 2.45) is 0 Å². The molecule has 1 saturated heterocycles. The Morgan fingerprint density at radius 2 is 1.87 bits per heavy atom. The molecule has 0 radical (unpaired) electrons. The molecule has 11 heteroatoms. The van der Waals surface area contributed by atoms with Crippen LogP contribution >= 0.6 is 11.6 Å².